The van der Waals surface area contributed by atoms with Gasteiger partial charge in [-0.15, -0.1) is 0 Å². The lowest BCUT2D eigenvalue weighted by molar-refractivity contribution is -0.131. The van der Waals surface area contributed by atoms with Crippen LogP contribution in [0.4, 0.5) is 5.69 Å². The van der Waals surface area contributed by atoms with Crippen LogP contribution in [0.1, 0.15) is 25.7 Å². The SMILES string of the molecule is CN(c1ccccc1)C1CCC(=CC(=O)O)CC1. The Labute approximate surface area is 108 Å². The van der Waals surface area contributed by atoms with Crippen molar-refractivity contribution in [3.63, 3.8) is 0 Å². The van der Waals surface area contributed by atoms with Crippen LogP contribution in [-0.2, 0) is 4.79 Å². The molecule has 0 radical (unpaired) electrons. The van der Waals surface area contributed by atoms with E-state index in [2.05, 4.69) is 24.1 Å². The van der Waals surface area contributed by atoms with Gasteiger partial charge in [0, 0.05) is 24.9 Å². The molecule has 0 spiro atoms. The fraction of sp³-hybridized carbons (Fsp3) is 0.400. The third-order valence-electron chi connectivity index (χ3n) is 3.64. The van der Waals surface area contributed by atoms with Crippen molar-refractivity contribution >= 4 is 11.7 Å². The van der Waals surface area contributed by atoms with Gasteiger partial charge in [-0.3, -0.25) is 0 Å². The fourth-order valence-electron chi connectivity index (χ4n) is 2.55. The molecule has 0 aliphatic heterocycles. The maximum Gasteiger partial charge on any atom is 0.328 e. The van der Waals surface area contributed by atoms with Crippen LogP contribution in [0.25, 0.3) is 0 Å². The molecule has 1 aromatic carbocycles. The van der Waals surface area contributed by atoms with Crippen molar-refractivity contribution in [2.45, 2.75) is 31.7 Å². The number of aliphatic carboxylic acids is 1. The minimum atomic E-state index is -0.820. The molecule has 1 aliphatic carbocycles. The topological polar surface area (TPSA) is 40.5 Å². The van der Waals surface area contributed by atoms with Crippen LogP contribution in [0.5, 0.6) is 0 Å². The standard InChI is InChI=1S/C15H19NO2/c1-16(13-5-3-2-4-6-13)14-9-7-12(8-10-14)11-15(17)18/h2-6,11,14H,7-10H2,1H3,(H,17,18). The molecule has 1 saturated carbocycles. The molecule has 96 valence electrons. The summed E-state index contributed by atoms with van der Waals surface area (Å²) in [6, 6.07) is 10.9. The molecule has 1 aromatic rings. The smallest absolute Gasteiger partial charge is 0.328 e. The van der Waals surface area contributed by atoms with Crippen LogP contribution in [0, 0.1) is 0 Å². The summed E-state index contributed by atoms with van der Waals surface area (Å²) in [5, 5.41) is 8.73. The van der Waals surface area contributed by atoms with Crippen LogP contribution in [0.15, 0.2) is 42.0 Å². The lowest BCUT2D eigenvalue weighted by Crippen LogP contribution is -2.33. The van der Waals surface area contributed by atoms with Gasteiger partial charge < -0.3 is 10.0 Å². The highest BCUT2D eigenvalue weighted by atomic mass is 16.4. The number of hydrogen-bond acceptors (Lipinski definition) is 2. The number of rotatable bonds is 3. The average Bonchev–Trinajstić information content (AvgIpc) is 2.39. The minimum Gasteiger partial charge on any atom is -0.478 e. The zero-order valence-corrected chi connectivity index (χ0v) is 10.7. The van der Waals surface area contributed by atoms with Crippen molar-refractivity contribution in [2.75, 3.05) is 11.9 Å². The summed E-state index contributed by atoms with van der Waals surface area (Å²) < 4.78 is 0. The molecule has 0 saturated heterocycles. The molecule has 0 amide bonds. The molecule has 0 aromatic heterocycles. The molecule has 3 nitrogen and oxygen atoms in total. The lowest BCUT2D eigenvalue weighted by Gasteiger charge is -2.33. The molecule has 3 heteroatoms. The van der Waals surface area contributed by atoms with Crippen LogP contribution in [-0.4, -0.2) is 24.2 Å². The molecule has 0 heterocycles. The first kappa shape index (κ1) is 12.7. The van der Waals surface area contributed by atoms with E-state index >= 15 is 0 Å². The average molecular weight is 245 g/mol. The van der Waals surface area contributed by atoms with E-state index in [1.54, 1.807) is 0 Å². The third-order valence-corrected chi connectivity index (χ3v) is 3.64. The maximum absolute atomic E-state index is 10.6. The zero-order valence-electron chi connectivity index (χ0n) is 10.7. The van der Waals surface area contributed by atoms with Gasteiger partial charge in [0.2, 0.25) is 0 Å². The van der Waals surface area contributed by atoms with Crippen molar-refractivity contribution in [1.29, 1.82) is 0 Å². The third kappa shape index (κ3) is 3.13. The molecule has 0 atom stereocenters. The van der Waals surface area contributed by atoms with Gasteiger partial charge in [-0.1, -0.05) is 23.8 Å². The van der Waals surface area contributed by atoms with Crippen LogP contribution in [0.3, 0.4) is 0 Å². The normalized spacial score (nSPS) is 19.4. The highest BCUT2D eigenvalue weighted by molar-refractivity contribution is 5.80. The predicted molar refractivity (Wildman–Crippen MR) is 72.8 cm³/mol. The Bertz CT molecular complexity index is 429. The molecule has 0 bridgehead atoms. The summed E-state index contributed by atoms with van der Waals surface area (Å²) in [6.45, 7) is 0. The second kappa shape index (κ2) is 5.71. The fourth-order valence-corrected chi connectivity index (χ4v) is 2.55. The van der Waals surface area contributed by atoms with Crippen LogP contribution in [0.2, 0.25) is 0 Å². The molecule has 0 unspecified atom stereocenters. The number of carboxylic acids is 1. The Balaban J connectivity index is 1.96. The van der Waals surface area contributed by atoms with E-state index < -0.39 is 5.97 Å². The molecular formula is C15H19NO2. The summed E-state index contributed by atoms with van der Waals surface area (Å²) >= 11 is 0. The van der Waals surface area contributed by atoms with E-state index in [9.17, 15) is 4.79 Å². The Kier molecular flexibility index (Phi) is 4.03. The van der Waals surface area contributed by atoms with E-state index in [4.69, 9.17) is 5.11 Å². The van der Waals surface area contributed by atoms with Gasteiger partial charge in [0.05, 0.1) is 0 Å². The Morgan fingerprint density at radius 2 is 1.89 bits per heavy atom. The summed E-state index contributed by atoms with van der Waals surface area (Å²) in [7, 11) is 2.12. The summed E-state index contributed by atoms with van der Waals surface area (Å²) in [5.74, 6) is -0.820. The highest BCUT2D eigenvalue weighted by Crippen LogP contribution is 2.28. The van der Waals surface area contributed by atoms with E-state index in [1.165, 1.54) is 11.8 Å². The van der Waals surface area contributed by atoms with Crippen molar-refractivity contribution in [1.82, 2.24) is 0 Å². The largest absolute Gasteiger partial charge is 0.478 e. The number of allylic oxidation sites excluding steroid dienone is 1. The summed E-state index contributed by atoms with van der Waals surface area (Å²) in [5.41, 5.74) is 2.30. The first-order valence-corrected chi connectivity index (χ1v) is 6.37. The Hall–Kier alpha value is -1.77. The summed E-state index contributed by atoms with van der Waals surface area (Å²) in [6.07, 6.45) is 5.23. The van der Waals surface area contributed by atoms with Gasteiger partial charge in [-0.05, 0) is 37.8 Å². The second-order valence-electron chi connectivity index (χ2n) is 4.82. The number of hydrogen-bond donors (Lipinski definition) is 1. The van der Waals surface area contributed by atoms with E-state index in [0.717, 1.165) is 31.3 Å². The van der Waals surface area contributed by atoms with Gasteiger partial charge in [0.15, 0.2) is 0 Å². The molecule has 1 N–H and O–H groups in total. The zero-order chi connectivity index (χ0) is 13.0. The van der Waals surface area contributed by atoms with Gasteiger partial charge >= 0.3 is 5.97 Å². The van der Waals surface area contributed by atoms with Crippen molar-refractivity contribution < 1.29 is 9.90 Å². The van der Waals surface area contributed by atoms with E-state index in [1.807, 2.05) is 18.2 Å². The Morgan fingerprint density at radius 3 is 2.44 bits per heavy atom. The van der Waals surface area contributed by atoms with Crippen LogP contribution >= 0.6 is 0 Å². The van der Waals surface area contributed by atoms with Gasteiger partial charge in [-0.25, -0.2) is 4.79 Å². The number of nitrogens with zero attached hydrogens (tertiary/aromatic N) is 1. The van der Waals surface area contributed by atoms with Crippen molar-refractivity contribution in [3.05, 3.63) is 42.0 Å². The number of carbonyl (C=O) groups is 1. The predicted octanol–water partition coefficient (Wildman–Crippen LogP) is 3.08. The Morgan fingerprint density at radius 1 is 1.28 bits per heavy atom. The van der Waals surface area contributed by atoms with Crippen molar-refractivity contribution in [2.24, 2.45) is 0 Å². The number of para-hydroxylation sites is 1. The number of carboxylic acid groups (broad SMARTS) is 1. The van der Waals surface area contributed by atoms with Gasteiger partial charge in [0.1, 0.15) is 0 Å². The summed E-state index contributed by atoms with van der Waals surface area (Å²) in [4.78, 5) is 12.9. The quantitative estimate of drug-likeness (QED) is 0.832. The first-order valence-electron chi connectivity index (χ1n) is 6.37. The van der Waals surface area contributed by atoms with E-state index in [-0.39, 0.29) is 0 Å². The molecule has 1 fully saturated rings. The molecule has 2 rings (SSSR count). The van der Waals surface area contributed by atoms with Gasteiger partial charge in [-0.2, -0.15) is 0 Å². The van der Waals surface area contributed by atoms with Crippen molar-refractivity contribution in [3.8, 4) is 0 Å². The minimum absolute atomic E-state index is 0.512. The van der Waals surface area contributed by atoms with Gasteiger partial charge in [0.25, 0.3) is 0 Å². The lowest BCUT2D eigenvalue weighted by atomic mass is 9.89. The number of benzene rings is 1. The van der Waals surface area contributed by atoms with Crippen LogP contribution < -0.4 is 4.90 Å². The highest BCUT2D eigenvalue weighted by Gasteiger charge is 2.20. The van der Waals surface area contributed by atoms with E-state index in [0.29, 0.717) is 6.04 Å². The monoisotopic (exact) mass is 245 g/mol. The number of anilines is 1. The molecule has 18 heavy (non-hydrogen) atoms. The first-order chi connectivity index (χ1) is 8.66. The maximum atomic E-state index is 10.6. The molecule has 1 aliphatic rings. The second-order valence-corrected chi connectivity index (χ2v) is 4.82. The molecular weight excluding hydrogens is 226 g/mol.